The summed E-state index contributed by atoms with van der Waals surface area (Å²) in [7, 11) is 0. The lowest BCUT2D eigenvalue weighted by molar-refractivity contribution is -0.127. The predicted octanol–water partition coefficient (Wildman–Crippen LogP) is 1.71. The number of amides is 1. The largest absolute Gasteiger partial charge is 0.480 e. The Balaban J connectivity index is 0.00000256. The molecule has 96 valence electrons. The van der Waals surface area contributed by atoms with Crippen molar-refractivity contribution in [3.05, 3.63) is 28.7 Å². The van der Waals surface area contributed by atoms with Gasteiger partial charge in [0.05, 0.1) is 4.47 Å². The summed E-state index contributed by atoms with van der Waals surface area (Å²) < 4.78 is 6.33. The zero-order valence-electron chi connectivity index (χ0n) is 9.48. The molecular formula is C11H16BrClN2O2. The molecule has 0 saturated heterocycles. The SMILES string of the molecule is CC(Oc1ccccc1Br)C(=O)NCCN.Cl. The molecule has 0 aliphatic carbocycles. The fourth-order valence-corrected chi connectivity index (χ4v) is 1.50. The first-order valence-corrected chi connectivity index (χ1v) is 5.83. The highest BCUT2D eigenvalue weighted by Gasteiger charge is 2.14. The summed E-state index contributed by atoms with van der Waals surface area (Å²) in [5.74, 6) is 0.485. The van der Waals surface area contributed by atoms with Crippen LogP contribution in [0.2, 0.25) is 0 Å². The zero-order valence-corrected chi connectivity index (χ0v) is 11.9. The smallest absolute Gasteiger partial charge is 0.260 e. The van der Waals surface area contributed by atoms with Gasteiger partial charge >= 0.3 is 0 Å². The topological polar surface area (TPSA) is 64.3 Å². The summed E-state index contributed by atoms with van der Waals surface area (Å²) in [5.41, 5.74) is 5.29. The second-order valence-electron chi connectivity index (χ2n) is 3.27. The molecule has 0 radical (unpaired) electrons. The van der Waals surface area contributed by atoms with Crippen LogP contribution in [0.25, 0.3) is 0 Å². The molecule has 0 bridgehead atoms. The first-order valence-electron chi connectivity index (χ1n) is 5.04. The number of halogens is 2. The van der Waals surface area contributed by atoms with Crippen LogP contribution < -0.4 is 15.8 Å². The van der Waals surface area contributed by atoms with Crippen LogP contribution in [-0.2, 0) is 4.79 Å². The fraction of sp³-hybridized carbons (Fsp3) is 0.364. The van der Waals surface area contributed by atoms with E-state index in [0.29, 0.717) is 18.8 Å². The lowest BCUT2D eigenvalue weighted by Crippen LogP contribution is -2.38. The van der Waals surface area contributed by atoms with Crippen molar-refractivity contribution in [3.63, 3.8) is 0 Å². The van der Waals surface area contributed by atoms with Crippen molar-refractivity contribution in [2.45, 2.75) is 13.0 Å². The van der Waals surface area contributed by atoms with E-state index in [0.717, 1.165) is 4.47 Å². The predicted molar refractivity (Wildman–Crippen MR) is 73.5 cm³/mol. The third kappa shape index (κ3) is 5.39. The van der Waals surface area contributed by atoms with Gasteiger partial charge in [-0.3, -0.25) is 4.79 Å². The number of hydrogen-bond donors (Lipinski definition) is 2. The molecule has 4 nitrogen and oxygen atoms in total. The van der Waals surface area contributed by atoms with Crippen molar-refractivity contribution >= 4 is 34.2 Å². The Morgan fingerprint density at radius 2 is 2.18 bits per heavy atom. The third-order valence-corrected chi connectivity index (χ3v) is 2.61. The van der Waals surface area contributed by atoms with Crippen LogP contribution in [-0.4, -0.2) is 25.1 Å². The van der Waals surface area contributed by atoms with Gasteiger partial charge in [0, 0.05) is 13.1 Å². The number of carbonyl (C=O) groups is 1. The van der Waals surface area contributed by atoms with Crippen LogP contribution in [0.5, 0.6) is 5.75 Å². The molecule has 0 aliphatic heterocycles. The van der Waals surface area contributed by atoms with E-state index in [2.05, 4.69) is 21.2 Å². The molecule has 0 aliphatic rings. The van der Waals surface area contributed by atoms with Crippen LogP contribution in [0.15, 0.2) is 28.7 Å². The van der Waals surface area contributed by atoms with Crippen LogP contribution in [0, 0.1) is 0 Å². The number of nitrogens with one attached hydrogen (secondary N) is 1. The Labute approximate surface area is 115 Å². The van der Waals surface area contributed by atoms with Gasteiger partial charge < -0.3 is 15.8 Å². The Bertz CT molecular complexity index is 363. The van der Waals surface area contributed by atoms with Crippen molar-refractivity contribution in [1.82, 2.24) is 5.32 Å². The maximum atomic E-state index is 11.5. The third-order valence-electron chi connectivity index (χ3n) is 1.95. The highest BCUT2D eigenvalue weighted by atomic mass is 79.9. The molecule has 1 rings (SSSR count). The Morgan fingerprint density at radius 1 is 1.53 bits per heavy atom. The lowest BCUT2D eigenvalue weighted by Gasteiger charge is -2.15. The van der Waals surface area contributed by atoms with Crippen molar-refractivity contribution in [2.24, 2.45) is 5.73 Å². The summed E-state index contributed by atoms with van der Waals surface area (Å²) in [4.78, 5) is 11.5. The lowest BCUT2D eigenvalue weighted by atomic mass is 10.3. The molecule has 1 aromatic rings. The number of para-hydroxylation sites is 1. The van der Waals surface area contributed by atoms with E-state index >= 15 is 0 Å². The van der Waals surface area contributed by atoms with Crippen LogP contribution in [0.3, 0.4) is 0 Å². The summed E-state index contributed by atoms with van der Waals surface area (Å²) in [6.45, 7) is 2.58. The molecule has 0 aromatic heterocycles. The van der Waals surface area contributed by atoms with Gasteiger partial charge in [-0.2, -0.15) is 0 Å². The molecule has 3 N–H and O–H groups in total. The van der Waals surface area contributed by atoms with Crippen LogP contribution >= 0.6 is 28.3 Å². The average Bonchev–Trinajstić information content (AvgIpc) is 2.28. The summed E-state index contributed by atoms with van der Waals surface area (Å²) in [6.07, 6.45) is -0.537. The number of nitrogens with two attached hydrogens (primary N) is 1. The molecule has 1 atom stereocenters. The van der Waals surface area contributed by atoms with Crippen molar-refractivity contribution in [3.8, 4) is 5.75 Å². The van der Waals surface area contributed by atoms with Gasteiger partial charge in [-0.05, 0) is 35.0 Å². The maximum Gasteiger partial charge on any atom is 0.260 e. The van der Waals surface area contributed by atoms with Gasteiger partial charge in [0.15, 0.2) is 6.10 Å². The van der Waals surface area contributed by atoms with Gasteiger partial charge in [-0.15, -0.1) is 12.4 Å². The summed E-state index contributed by atoms with van der Waals surface area (Å²) >= 11 is 3.35. The molecule has 1 unspecified atom stereocenters. The van der Waals surface area contributed by atoms with Gasteiger partial charge in [-0.1, -0.05) is 12.1 Å². The number of hydrogen-bond acceptors (Lipinski definition) is 3. The van der Waals surface area contributed by atoms with E-state index in [-0.39, 0.29) is 18.3 Å². The van der Waals surface area contributed by atoms with Gasteiger partial charge in [-0.25, -0.2) is 0 Å². The molecular weight excluding hydrogens is 307 g/mol. The number of carbonyl (C=O) groups excluding carboxylic acids is 1. The number of ether oxygens (including phenoxy) is 1. The van der Waals surface area contributed by atoms with Gasteiger partial charge in [0.1, 0.15) is 5.75 Å². The van der Waals surface area contributed by atoms with E-state index < -0.39 is 6.10 Å². The Kier molecular flexibility index (Phi) is 7.95. The minimum Gasteiger partial charge on any atom is -0.480 e. The minimum atomic E-state index is -0.537. The van der Waals surface area contributed by atoms with E-state index in [1.54, 1.807) is 13.0 Å². The monoisotopic (exact) mass is 322 g/mol. The van der Waals surface area contributed by atoms with Crippen LogP contribution in [0.1, 0.15) is 6.92 Å². The van der Waals surface area contributed by atoms with E-state index in [1.807, 2.05) is 18.2 Å². The summed E-state index contributed by atoms with van der Waals surface area (Å²) in [5, 5.41) is 2.67. The quantitative estimate of drug-likeness (QED) is 0.867. The molecule has 1 amide bonds. The normalized spacial score (nSPS) is 11.2. The van der Waals surface area contributed by atoms with Crippen molar-refractivity contribution in [1.29, 1.82) is 0 Å². The maximum absolute atomic E-state index is 11.5. The highest BCUT2D eigenvalue weighted by molar-refractivity contribution is 9.10. The molecule has 0 fully saturated rings. The average molecular weight is 324 g/mol. The number of benzene rings is 1. The fourth-order valence-electron chi connectivity index (χ4n) is 1.12. The van der Waals surface area contributed by atoms with Gasteiger partial charge in [0.25, 0.3) is 5.91 Å². The van der Waals surface area contributed by atoms with Crippen molar-refractivity contribution in [2.75, 3.05) is 13.1 Å². The first kappa shape index (κ1) is 16.2. The van der Waals surface area contributed by atoms with E-state index in [1.165, 1.54) is 0 Å². The summed E-state index contributed by atoms with van der Waals surface area (Å²) in [6, 6.07) is 7.40. The minimum absolute atomic E-state index is 0. The second-order valence-corrected chi connectivity index (χ2v) is 4.12. The second kappa shape index (κ2) is 8.33. The van der Waals surface area contributed by atoms with E-state index in [9.17, 15) is 4.79 Å². The standard InChI is InChI=1S/C11H15BrN2O2.ClH/c1-8(11(15)14-7-6-13)16-10-5-3-2-4-9(10)12;/h2-5,8H,6-7,13H2,1H3,(H,14,15);1H. The number of rotatable bonds is 5. The Morgan fingerprint density at radius 3 is 2.76 bits per heavy atom. The zero-order chi connectivity index (χ0) is 12.0. The highest BCUT2D eigenvalue weighted by Crippen LogP contribution is 2.24. The van der Waals surface area contributed by atoms with E-state index in [4.69, 9.17) is 10.5 Å². The van der Waals surface area contributed by atoms with Crippen molar-refractivity contribution < 1.29 is 9.53 Å². The molecule has 1 aromatic carbocycles. The van der Waals surface area contributed by atoms with Gasteiger partial charge in [0.2, 0.25) is 0 Å². The molecule has 17 heavy (non-hydrogen) atoms. The first-order chi connectivity index (χ1) is 7.65. The molecule has 0 heterocycles. The molecule has 6 heteroatoms. The molecule has 0 saturated carbocycles. The molecule has 0 spiro atoms. The Hall–Kier alpha value is -0.780. The van der Waals surface area contributed by atoms with Crippen LogP contribution in [0.4, 0.5) is 0 Å².